The summed E-state index contributed by atoms with van der Waals surface area (Å²) in [5.41, 5.74) is 25.8. The number of phenolic OH excluding ortho intramolecular Hbond substituents is 1. The number of aliphatic hydroxyl groups excluding tert-OH is 1. The van der Waals surface area contributed by atoms with Crippen molar-refractivity contribution in [2.75, 3.05) is 65.4 Å². The number of nitrogens with zero attached hydrogens (tertiary/aromatic N) is 6. The highest BCUT2D eigenvalue weighted by Crippen LogP contribution is 2.30. The van der Waals surface area contributed by atoms with Crippen molar-refractivity contribution in [3.63, 3.8) is 0 Å². The van der Waals surface area contributed by atoms with Gasteiger partial charge in [-0.1, -0.05) is 102 Å². The molecule has 43 nitrogen and oxygen atoms in total. The number of carbonyl (C=O) groups is 17. The molecule has 3 saturated heterocycles. The Bertz CT molecular complexity index is 5250. The number of nitrogens with one attached hydrogen (secondary N) is 14. The number of hydrogen-bond acceptors (Lipinski definition) is 24. The number of para-hydroxylation sites is 1. The summed E-state index contributed by atoms with van der Waals surface area (Å²) < 4.78 is 0.822. The number of thioether (sulfide) groups is 1. The number of aromatic amines is 2. The van der Waals surface area contributed by atoms with Gasteiger partial charge in [0.1, 0.15) is 90.3 Å². The molecule has 3 aromatic carbocycles. The van der Waals surface area contributed by atoms with Gasteiger partial charge in [-0.25, -0.2) is 4.98 Å². The first-order valence-corrected chi connectivity index (χ1v) is 47.6. The summed E-state index contributed by atoms with van der Waals surface area (Å²) in [6.07, 6.45) is 4.01. The monoisotopic (exact) mass is 1920 g/mol. The highest BCUT2D eigenvalue weighted by atomic mass is 32.2. The zero-order chi connectivity index (χ0) is 99.3. The smallest absolute Gasteiger partial charge is 0.246 e. The van der Waals surface area contributed by atoms with E-state index < -0.39 is 228 Å². The van der Waals surface area contributed by atoms with Crippen LogP contribution in [-0.2, 0) is 107 Å². The number of amides is 17. The lowest BCUT2D eigenvalue weighted by Crippen LogP contribution is -2.62. The van der Waals surface area contributed by atoms with E-state index in [0.717, 1.165) is 41.4 Å². The fourth-order valence-electron chi connectivity index (χ4n) is 16.7. The van der Waals surface area contributed by atoms with Crippen LogP contribution in [0.3, 0.4) is 0 Å². The van der Waals surface area contributed by atoms with Crippen LogP contribution in [0, 0.1) is 11.3 Å². The average Bonchev–Trinajstić information content (AvgIpc) is 1.65. The largest absolute Gasteiger partial charge is 0.508 e. The van der Waals surface area contributed by atoms with E-state index in [4.69, 9.17) is 28.3 Å². The number of aromatic nitrogens is 3. The molecule has 3 aromatic heterocycles. The molecule has 9 rings (SSSR count). The number of thiophene rings is 1. The van der Waals surface area contributed by atoms with Crippen molar-refractivity contribution >= 4 is 150 Å². The number of unbranched alkanes of at least 4 members (excludes halogenated alkanes) is 2. The van der Waals surface area contributed by atoms with Crippen LogP contribution in [0.1, 0.15) is 140 Å². The molecule has 738 valence electrons. The third-order valence-corrected chi connectivity index (χ3v) is 26.3. The van der Waals surface area contributed by atoms with Gasteiger partial charge in [0.25, 0.3) is 0 Å². The molecule has 3 aliphatic heterocycles. The van der Waals surface area contributed by atoms with Gasteiger partial charge in [0.05, 0.1) is 31.7 Å². The molecule has 17 amide bonds. The number of aromatic hydroxyl groups is 1. The minimum atomic E-state index is -1.85. The summed E-state index contributed by atoms with van der Waals surface area (Å²) in [7, 11) is 3.93. The van der Waals surface area contributed by atoms with Gasteiger partial charge in [0.15, 0.2) is 5.96 Å². The van der Waals surface area contributed by atoms with Crippen LogP contribution in [0.15, 0.2) is 96.9 Å². The van der Waals surface area contributed by atoms with Crippen molar-refractivity contribution < 1.29 is 91.7 Å². The number of fused-ring (bicyclic) bond motifs is 4. The molecule has 6 aromatic rings. The lowest BCUT2D eigenvalue weighted by atomic mass is 10.00. The molecule has 3 aliphatic rings. The summed E-state index contributed by atoms with van der Waals surface area (Å²) in [6.45, 7) is 6.37. The summed E-state index contributed by atoms with van der Waals surface area (Å²) in [4.78, 5) is 267. The van der Waals surface area contributed by atoms with E-state index in [1.807, 2.05) is 32.0 Å². The molecule has 0 spiro atoms. The van der Waals surface area contributed by atoms with Crippen molar-refractivity contribution in [2.45, 2.75) is 234 Å². The van der Waals surface area contributed by atoms with Crippen LogP contribution in [0.2, 0.25) is 0 Å². The van der Waals surface area contributed by atoms with E-state index in [0.29, 0.717) is 59.0 Å². The lowest BCUT2D eigenvalue weighted by Gasteiger charge is -2.36. The number of aliphatic hydroxyl groups is 1. The number of phenols is 1. The number of rotatable bonds is 26. The Morgan fingerprint density at radius 3 is 1.81 bits per heavy atom. The molecule has 15 atom stereocenters. The number of H-pyrrole nitrogens is 2. The fraction of sp³-hybridized carbons (Fsp3) is 0.527. The standard InChI is InChI=1S/C91H128N24O19S2/c1-9-11-23-69-83(127)103-60(22-17-31-98-91(95)96)79(123)110-68(78(122)100-42-75(94)119)46-135-47-76(120)102-64(34-51-27-29-56(117)30-28-51)86(130)111(6)50(5)77(121)106-66(39-74(93)118)89(133)115-43-54(92)37-72(115)85(129)105-62(38-55-41-97-48-101-55)81(125)107-63(33-49(3)4)88(132)114-32-18-25-70(114)84(128)104-61(35-52-40-99-59-21-15-13-19-57(52)59)80(124)109-67(44-116)82(126)108-65(36-53-45-136-73-26-16-14-20-58(53)73)87(131)113(8)71(24-12-10-2)90(134)112(69)7/h13-16,19-21,26-30,40-41,45,48-50,54,60-72,99,116-117H,9-12,17-18,22-25,31-39,42-44,46-47,92H2,1-8H3,(H2,93,118)(H2,94,119)(H,97,101)(H,100,122)(H,102,120)(H,103,127)(H,104,128)(H,105,129)(H,106,121)(H,107,125)(H,108,126)(H,109,124)(H,110,123)(H4,95,96,98)/t50-,54-,60-,61-,62-,63-,64-,65?,66-,67-,68-,69-,70-,71-,72?/m0/s1. The number of hydrogen-bond donors (Lipinski definition) is 20. The molecule has 2 unspecified atom stereocenters. The van der Waals surface area contributed by atoms with Gasteiger partial charge in [-0.2, -0.15) is 0 Å². The predicted molar refractivity (Wildman–Crippen MR) is 505 cm³/mol. The first kappa shape index (κ1) is 106. The third-order valence-electron chi connectivity index (χ3n) is 24.3. The molecule has 24 N–H and O–H groups in total. The lowest BCUT2D eigenvalue weighted by molar-refractivity contribution is -0.149. The Morgan fingerprint density at radius 1 is 0.574 bits per heavy atom. The molecule has 0 radical (unpaired) electrons. The number of nitrogens with two attached hydrogens (primary N) is 4. The molecule has 3 fully saturated rings. The van der Waals surface area contributed by atoms with Crippen molar-refractivity contribution in [2.24, 2.45) is 28.9 Å². The molecule has 0 bridgehead atoms. The van der Waals surface area contributed by atoms with Gasteiger partial charge in [-0.3, -0.25) is 86.9 Å². The number of benzene rings is 3. The number of primary amides is 2. The van der Waals surface area contributed by atoms with Crippen molar-refractivity contribution in [1.82, 2.24) is 97.9 Å². The van der Waals surface area contributed by atoms with Crippen LogP contribution in [0.4, 0.5) is 0 Å². The molecular formula is C91H128N24O19S2. The second kappa shape index (κ2) is 50.9. The van der Waals surface area contributed by atoms with Gasteiger partial charge in [0, 0.05) is 112 Å². The van der Waals surface area contributed by atoms with Crippen LogP contribution in [-0.4, -0.2) is 312 Å². The van der Waals surface area contributed by atoms with Crippen LogP contribution < -0.4 is 81.4 Å². The van der Waals surface area contributed by atoms with Gasteiger partial charge < -0.3 is 126 Å². The molecular weight excluding hydrogens is 1800 g/mol. The minimum Gasteiger partial charge on any atom is -0.508 e. The quantitative estimate of drug-likeness (QED) is 0.0155. The Labute approximate surface area is 795 Å². The minimum absolute atomic E-state index is 0.00657. The van der Waals surface area contributed by atoms with Gasteiger partial charge in [-0.15, -0.1) is 23.1 Å². The maximum atomic E-state index is 15.8. The van der Waals surface area contributed by atoms with Crippen LogP contribution in [0.5, 0.6) is 5.75 Å². The van der Waals surface area contributed by atoms with E-state index in [-0.39, 0.29) is 108 Å². The Hall–Kier alpha value is -13.3. The van der Waals surface area contributed by atoms with Crippen molar-refractivity contribution in [1.29, 1.82) is 5.41 Å². The Balaban J connectivity index is 1.10. The second-order valence-corrected chi connectivity index (χ2v) is 36.9. The van der Waals surface area contributed by atoms with E-state index in [9.17, 15) is 48.6 Å². The Morgan fingerprint density at radius 2 is 1.15 bits per heavy atom. The number of guanidine groups is 1. The summed E-state index contributed by atoms with van der Waals surface area (Å²) >= 11 is 2.12. The summed E-state index contributed by atoms with van der Waals surface area (Å²) in [6, 6.07) is -2.47. The van der Waals surface area contributed by atoms with E-state index >= 15 is 43.2 Å². The molecule has 45 heteroatoms. The third kappa shape index (κ3) is 29.6. The summed E-state index contributed by atoms with van der Waals surface area (Å²) in [5, 5.41) is 61.8. The number of carbonyl (C=O) groups excluding carboxylic acids is 17. The highest BCUT2D eigenvalue weighted by molar-refractivity contribution is 8.00. The first-order chi connectivity index (χ1) is 64.8. The van der Waals surface area contributed by atoms with Gasteiger partial charge in [-0.05, 0) is 116 Å². The van der Waals surface area contributed by atoms with Crippen LogP contribution in [0.25, 0.3) is 21.0 Å². The number of likely N-dealkylation sites (N-methyl/N-ethyl adjacent to an activating group) is 3. The fourth-order valence-corrected chi connectivity index (χ4v) is 18.6. The zero-order valence-electron chi connectivity index (χ0n) is 77.6. The summed E-state index contributed by atoms with van der Waals surface area (Å²) in [5.74, 6) is -17.7. The van der Waals surface area contributed by atoms with E-state index in [1.54, 1.807) is 55.8 Å². The topological polar surface area (TPSA) is 652 Å². The molecule has 0 saturated carbocycles. The molecule has 136 heavy (non-hydrogen) atoms. The SMILES string of the molecule is CCCC[C@H]1C(=O)N(C)[C@@H](CCCC)C(=O)N[C@@H](CCCNC(=N)N)C(=O)N[C@H](C(=O)NCC(N)=O)CSCC(=O)N[C@@H](Cc2ccc(O)cc2)C(=O)N(C)[C@@H](C)C(=O)N[C@@H](CC(N)=O)C(=O)N2C[C@@H](N)CC2C(=O)N[C@@H](Cc2cnc[nH]2)C(=O)N[C@@H](CC(C)C)C(=O)N2CCC[C@H]2C(=O)N[C@@H](Cc2c[nH]c3ccccc23)C(=O)N[C@@H](CO)C(=O)NC(Cc2csc3ccccc23)C(=O)N1C. The number of imidazole rings is 1. The maximum absolute atomic E-state index is 15.8. The second-order valence-electron chi connectivity index (χ2n) is 35.0. The van der Waals surface area contributed by atoms with E-state index in [1.165, 1.54) is 81.1 Å². The molecule has 6 heterocycles. The van der Waals surface area contributed by atoms with Crippen molar-refractivity contribution in [3.8, 4) is 5.75 Å². The molecule has 0 aliphatic carbocycles. The average molecular weight is 1930 g/mol. The van der Waals surface area contributed by atoms with Crippen molar-refractivity contribution in [3.05, 3.63) is 119 Å². The zero-order valence-corrected chi connectivity index (χ0v) is 79.2. The highest BCUT2D eigenvalue weighted by Gasteiger charge is 2.47. The first-order valence-electron chi connectivity index (χ1n) is 45.5. The van der Waals surface area contributed by atoms with Gasteiger partial charge in [0.2, 0.25) is 100 Å². The van der Waals surface area contributed by atoms with E-state index in [2.05, 4.69) is 73.4 Å². The maximum Gasteiger partial charge on any atom is 0.246 e. The van der Waals surface area contributed by atoms with Crippen LogP contribution >= 0.6 is 23.1 Å². The normalized spacial score (nSPS) is 24.7. The predicted octanol–water partition coefficient (Wildman–Crippen LogP) is -2.23. The van der Waals surface area contributed by atoms with Gasteiger partial charge >= 0.3 is 0 Å². The Kier molecular flexibility index (Phi) is 39.8.